The predicted molar refractivity (Wildman–Crippen MR) is 60.8 cm³/mol. The van der Waals surface area contributed by atoms with Gasteiger partial charge in [0.05, 0.1) is 6.54 Å². The van der Waals surface area contributed by atoms with Gasteiger partial charge in [0, 0.05) is 23.0 Å². The van der Waals surface area contributed by atoms with Crippen molar-refractivity contribution in [1.82, 2.24) is 4.98 Å². The number of aromatic amines is 1. The van der Waals surface area contributed by atoms with Gasteiger partial charge in [-0.1, -0.05) is 18.2 Å². The maximum atomic E-state index is 11.3. The Balaban J connectivity index is 2.49. The van der Waals surface area contributed by atoms with Gasteiger partial charge in [-0.2, -0.15) is 0 Å². The maximum absolute atomic E-state index is 11.3. The molecule has 0 spiro atoms. The van der Waals surface area contributed by atoms with Crippen LogP contribution >= 0.6 is 0 Å². The van der Waals surface area contributed by atoms with E-state index in [0.717, 1.165) is 22.2 Å². The molecule has 0 radical (unpaired) electrons. The highest BCUT2D eigenvalue weighted by molar-refractivity contribution is 5.91. The van der Waals surface area contributed by atoms with Gasteiger partial charge in [0.2, 0.25) is 0 Å². The Hall–Kier alpha value is -1.61. The van der Waals surface area contributed by atoms with Crippen molar-refractivity contribution in [2.75, 3.05) is 6.54 Å². The van der Waals surface area contributed by atoms with Crippen LogP contribution in [0, 0.1) is 6.92 Å². The summed E-state index contributed by atoms with van der Waals surface area (Å²) in [4.78, 5) is 14.6. The van der Waals surface area contributed by atoms with Gasteiger partial charge < -0.3 is 10.7 Å². The van der Waals surface area contributed by atoms with Gasteiger partial charge in [0.15, 0.2) is 5.78 Å². The molecule has 0 saturated heterocycles. The second kappa shape index (κ2) is 3.87. The molecule has 0 bridgehead atoms. The first-order valence-electron chi connectivity index (χ1n) is 5.00. The normalized spacial score (nSPS) is 10.8. The van der Waals surface area contributed by atoms with Crippen LogP contribution in [0.3, 0.4) is 0 Å². The topological polar surface area (TPSA) is 58.9 Å². The fourth-order valence-corrected chi connectivity index (χ4v) is 1.83. The Morgan fingerprint density at radius 1 is 1.40 bits per heavy atom. The minimum absolute atomic E-state index is 0.0721. The minimum Gasteiger partial charge on any atom is -0.358 e. The number of carbonyl (C=O) groups is 1. The molecule has 0 aliphatic rings. The van der Waals surface area contributed by atoms with Gasteiger partial charge in [-0.3, -0.25) is 4.79 Å². The summed E-state index contributed by atoms with van der Waals surface area (Å²) in [6, 6.07) is 8.00. The number of hydrogen-bond acceptors (Lipinski definition) is 2. The first-order valence-corrected chi connectivity index (χ1v) is 5.00. The number of para-hydroxylation sites is 1. The Bertz CT molecular complexity index is 499. The van der Waals surface area contributed by atoms with E-state index in [-0.39, 0.29) is 12.3 Å². The molecule has 0 atom stereocenters. The fraction of sp³-hybridized carbons (Fsp3) is 0.250. The van der Waals surface area contributed by atoms with E-state index in [1.807, 2.05) is 31.2 Å². The van der Waals surface area contributed by atoms with Crippen molar-refractivity contribution in [2.24, 2.45) is 5.73 Å². The summed E-state index contributed by atoms with van der Waals surface area (Å²) in [6.45, 7) is 2.10. The molecule has 2 rings (SSSR count). The highest BCUT2D eigenvalue weighted by atomic mass is 16.1. The molecule has 1 heterocycles. The van der Waals surface area contributed by atoms with Crippen LogP contribution in [0.15, 0.2) is 24.3 Å². The van der Waals surface area contributed by atoms with E-state index < -0.39 is 0 Å². The SMILES string of the molecule is Cc1[nH]c2ccccc2c1CC(=O)CN. The number of rotatable bonds is 3. The Morgan fingerprint density at radius 2 is 2.13 bits per heavy atom. The highest BCUT2D eigenvalue weighted by Crippen LogP contribution is 2.22. The largest absolute Gasteiger partial charge is 0.358 e. The molecule has 15 heavy (non-hydrogen) atoms. The number of ketones is 1. The molecule has 3 nitrogen and oxygen atoms in total. The fourth-order valence-electron chi connectivity index (χ4n) is 1.83. The number of nitrogens with one attached hydrogen (secondary N) is 1. The van der Waals surface area contributed by atoms with Crippen LogP contribution in [-0.4, -0.2) is 17.3 Å². The number of nitrogens with two attached hydrogens (primary N) is 1. The van der Waals surface area contributed by atoms with Crippen molar-refractivity contribution in [3.05, 3.63) is 35.5 Å². The third-order valence-electron chi connectivity index (χ3n) is 2.63. The number of benzene rings is 1. The maximum Gasteiger partial charge on any atom is 0.150 e. The summed E-state index contributed by atoms with van der Waals surface area (Å²) in [5.41, 5.74) is 8.53. The lowest BCUT2D eigenvalue weighted by Crippen LogP contribution is -2.15. The predicted octanol–water partition coefficient (Wildman–Crippen LogP) is 1.55. The third kappa shape index (κ3) is 1.78. The van der Waals surface area contributed by atoms with Crippen LogP contribution < -0.4 is 5.73 Å². The Morgan fingerprint density at radius 3 is 2.87 bits per heavy atom. The molecular formula is C12H14N2O. The van der Waals surface area contributed by atoms with E-state index >= 15 is 0 Å². The number of aryl methyl sites for hydroxylation is 1. The smallest absolute Gasteiger partial charge is 0.150 e. The Kier molecular flexibility index (Phi) is 2.56. The van der Waals surface area contributed by atoms with E-state index in [1.165, 1.54) is 0 Å². The summed E-state index contributed by atoms with van der Waals surface area (Å²) >= 11 is 0. The second-order valence-electron chi connectivity index (χ2n) is 3.69. The van der Waals surface area contributed by atoms with Gasteiger partial charge in [-0.25, -0.2) is 0 Å². The van der Waals surface area contributed by atoms with Crippen LogP contribution in [0.5, 0.6) is 0 Å². The summed E-state index contributed by atoms with van der Waals surface area (Å²) in [5, 5.41) is 1.12. The van der Waals surface area contributed by atoms with Gasteiger partial charge in [-0.15, -0.1) is 0 Å². The first kappa shape index (κ1) is 9.93. The average molecular weight is 202 g/mol. The van der Waals surface area contributed by atoms with Gasteiger partial charge >= 0.3 is 0 Å². The van der Waals surface area contributed by atoms with Crippen molar-refractivity contribution in [2.45, 2.75) is 13.3 Å². The van der Waals surface area contributed by atoms with Crippen LogP contribution in [0.25, 0.3) is 10.9 Å². The lowest BCUT2D eigenvalue weighted by atomic mass is 10.1. The molecule has 0 aliphatic heterocycles. The van der Waals surface area contributed by atoms with Gasteiger partial charge in [0.1, 0.15) is 0 Å². The van der Waals surface area contributed by atoms with Gasteiger partial charge in [0.25, 0.3) is 0 Å². The third-order valence-corrected chi connectivity index (χ3v) is 2.63. The van der Waals surface area contributed by atoms with Crippen molar-refractivity contribution in [3.8, 4) is 0 Å². The second-order valence-corrected chi connectivity index (χ2v) is 3.69. The number of aromatic nitrogens is 1. The standard InChI is InChI=1S/C12H14N2O/c1-8-11(6-9(15)7-13)10-4-2-3-5-12(10)14-8/h2-5,14H,6-7,13H2,1H3. The molecule has 1 aromatic carbocycles. The molecule has 78 valence electrons. The average Bonchev–Trinajstić information content (AvgIpc) is 2.55. The summed E-state index contributed by atoms with van der Waals surface area (Å²) in [5.74, 6) is 0.0721. The van der Waals surface area contributed by atoms with Crippen molar-refractivity contribution < 1.29 is 4.79 Å². The van der Waals surface area contributed by atoms with Crippen molar-refractivity contribution in [3.63, 3.8) is 0 Å². The highest BCUT2D eigenvalue weighted by Gasteiger charge is 2.10. The zero-order chi connectivity index (χ0) is 10.8. The summed E-state index contributed by atoms with van der Waals surface area (Å²) in [7, 11) is 0. The zero-order valence-electron chi connectivity index (χ0n) is 8.71. The zero-order valence-corrected chi connectivity index (χ0v) is 8.71. The van der Waals surface area contributed by atoms with Crippen molar-refractivity contribution in [1.29, 1.82) is 0 Å². The molecule has 0 aliphatic carbocycles. The molecule has 3 N–H and O–H groups in total. The Labute approximate surface area is 88.3 Å². The van der Waals surface area contributed by atoms with E-state index in [0.29, 0.717) is 6.42 Å². The number of fused-ring (bicyclic) bond motifs is 1. The molecular weight excluding hydrogens is 188 g/mol. The number of Topliss-reactive ketones (excluding diaryl/α,β-unsaturated/α-hetero) is 1. The molecule has 1 aromatic heterocycles. The molecule has 3 heteroatoms. The number of H-pyrrole nitrogens is 1. The minimum atomic E-state index is 0.0721. The lowest BCUT2D eigenvalue weighted by Gasteiger charge is -1.98. The van der Waals surface area contributed by atoms with Crippen LogP contribution in [0.2, 0.25) is 0 Å². The van der Waals surface area contributed by atoms with E-state index in [2.05, 4.69) is 4.98 Å². The molecule has 0 fully saturated rings. The molecule has 0 amide bonds. The van der Waals surface area contributed by atoms with Crippen molar-refractivity contribution >= 4 is 16.7 Å². The molecule has 0 saturated carbocycles. The first-order chi connectivity index (χ1) is 7.22. The molecule has 0 unspecified atom stereocenters. The lowest BCUT2D eigenvalue weighted by molar-refractivity contribution is -0.117. The van der Waals surface area contributed by atoms with E-state index in [4.69, 9.17) is 5.73 Å². The summed E-state index contributed by atoms with van der Waals surface area (Å²) < 4.78 is 0. The van der Waals surface area contributed by atoms with Crippen LogP contribution in [-0.2, 0) is 11.2 Å². The number of carbonyl (C=O) groups excluding carboxylic acids is 1. The van der Waals surface area contributed by atoms with E-state index in [9.17, 15) is 4.79 Å². The summed E-state index contributed by atoms with van der Waals surface area (Å²) in [6.07, 6.45) is 0.423. The molecule has 2 aromatic rings. The van der Waals surface area contributed by atoms with Crippen LogP contribution in [0.4, 0.5) is 0 Å². The quantitative estimate of drug-likeness (QED) is 0.793. The van der Waals surface area contributed by atoms with E-state index in [1.54, 1.807) is 0 Å². The monoisotopic (exact) mass is 202 g/mol. The van der Waals surface area contributed by atoms with Crippen LogP contribution in [0.1, 0.15) is 11.3 Å². The van der Waals surface area contributed by atoms with Gasteiger partial charge in [-0.05, 0) is 18.6 Å². The number of hydrogen-bond donors (Lipinski definition) is 2.